The summed E-state index contributed by atoms with van der Waals surface area (Å²) in [5.41, 5.74) is 4.02. The molecule has 4 aromatic rings. The van der Waals surface area contributed by atoms with Crippen LogP contribution in [0.2, 0.25) is 0 Å². The van der Waals surface area contributed by atoms with E-state index in [0.29, 0.717) is 11.5 Å². The Hall–Kier alpha value is -3.39. The van der Waals surface area contributed by atoms with E-state index in [2.05, 4.69) is 52.4 Å². The van der Waals surface area contributed by atoms with Crippen molar-refractivity contribution >= 4 is 23.4 Å². The van der Waals surface area contributed by atoms with E-state index in [0.717, 1.165) is 10.8 Å². The first-order valence-corrected chi connectivity index (χ1v) is 10.1. The fourth-order valence-corrected chi connectivity index (χ4v) is 3.84. The molecule has 4 rings (SSSR count). The molecule has 1 aromatic carbocycles. The number of nitrogens with zero attached hydrogens (tertiary/aromatic N) is 5. The topological polar surface area (TPSA) is 77.6 Å². The fourth-order valence-electron chi connectivity index (χ4n) is 3.07. The molecule has 0 aliphatic heterocycles. The molecule has 0 radical (unpaired) electrons. The van der Waals surface area contributed by atoms with E-state index in [9.17, 15) is 4.79 Å². The van der Waals surface area contributed by atoms with E-state index in [1.54, 1.807) is 35.5 Å². The second kappa shape index (κ2) is 8.32. The van der Waals surface area contributed by atoms with Gasteiger partial charge in [-0.2, -0.15) is 5.10 Å². The van der Waals surface area contributed by atoms with Gasteiger partial charge in [0, 0.05) is 36.7 Å². The average Bonchev–Trinajstić information content (AvgIpc) is 3.38. The van der Waals surface area contributed by atoms with Gasteiger partial charge in [0.25, 0.3) is 0 Å². The maximum atomic E-state index is 12.6. The number of rotatable bonds is 6. The number of hydrogen-bond donors (Lipinski definition) is 1. The molecule has 0 saturated heterocycles. The maximum absolute atomic E-state index is 12.6. The third kappa shape index (κ3) is 4.38. The lowest BCUT2D eigenvalue weighted by atomic mass is 10.1. The number of aromatic nitrogens is 5. The third-order valence-electron chi connectivity index (χ3n) is 4.21. The zero-order chi connectivity index (χ0) is 20.2. The summed E-state index contributed by atoms with van der Waals surface area (Å²) >= 11 is 1.39. The van der Waals surface area contributed by atoms with Gasteiger partial charge in [0.05, 0.1) is 11.4 Å². The van der Waals surface area contributed by atoms with Crippen LogP contribution in [0.1, 0.15) is 11.1 Å². The average molecular weight is 404 g/mol. The van der Waals surface area contributed by atoms with Crippen LogP contribution in [-0.2, 0) is 4.79 Å². The molecule has 0 atom stereocenters. The van der Waals surface area contributed by atoms with Crippen LogP contribution >= 0.6 is 11.8 Å². The smallest absolute Gasteiger partial charge is 0.234 e. The molecule has 0 fully saturated rings. The van der Waals surface area contributed by atoms with Gasteiger partial charge >= 0.3 is 0 Å². The number of carbonyl (C=O) groups excluding carboxylic acids is 1. The molecule has 0 aliphatic rings. The van der Waals surface area contributed by atoms with Gasteiger partial charge in [-0.25, -0.2) is 14.6 Å². The van der Waals surface area contributed by atoms with E-state index in [1.165, 1.54) is 22.9 Å². The number of anilines is 1. The molecule has 1 amide bonds. The summed E-state index contributed by atoms with van der Waals surface area (Å²) in [5.74, 6) is 0.675. The van der Waals surface area contributed by atoms with Crippen molar-refractivity contribution in [3.63, 3.8) is 0 Å². The standard InChI is InChI=1S/C21H20N6OS/c1-15-11-16(2)13-17(12-15)26-10-8-23-21(26)29-14-19(28)25-18-5-3-6-22-20(18)27-9-4-7-24-27/h3-13H,14H2,1-2H3,(H,25,28). The van der Waals surface area contributed by atoms with Gasteiger partial charge < -0.3 is 5.32 Å². The highest BCUT2D eigenvalue weighted by Gasteiger charge is 2.13. The first-order valence-electron chi connectivity index (χ1n) is 9.10. The Balaban J connectivity index is 1.46. The highest BCUT2D eigenvalue weighted by atomic mass is 32.2. The quantitative estimate of drug-likeness (QED) is 0.495. The van der Waals surface area contributed by atoms with Crippen molar-refractivity contribution in [2.45, 2.75) is 19.0 Å². The summed E-state index contributed by atoms with van der Waals surface area (Å²) in [6.45, 7) is 4.14. The van der Waals surface area contributed by atoms with Crippen molar-refractivity contribution in [1.82, 2.24) is 24.3 Å². The zero-order valence-corrected chi connectivity index (χ0v) is 16.9. The molecule has 29 heavy (non-hydrogen) atoms. The maximum Gasteiger partial charge on any atom is 0.234 e. The van der Waals surface area contributed by atoms with Crippen LogP contribution < -0.4 is 5.32 Å². The lowest BCUT2D eigenvalue weighted by Gasteiger charge is -2.11. The predicted octanol–water partition coefficient (Wildman–Crippen LogP) is 3.80. The number of pyridine rings is 1. The molecule has 3 aromatic heterocycles. The number of hydrogen-bond acceptors (Lipinski definition) is 5. The van der Waals surface area contributed by atoms with Crippen LogP contribution in [0.4, 0.5) is 5.69 Å². The minimum atomic E-state index is -0.133. The van der Waals surface area contributed by atoms with Crippen molar-refractivity contribution in [3.05, 3.63) is 78.5 Å². The molecule has 0 bridgehead atoms. The zero-order valence-electron chi connectivity index (χ0n) is 16.1. The van der Waals surface area contributed by atoms with Crippen molar-refractivity contribution in [2.75, 3.05) is 11.1 Å². The van der Waals surface area contributed by atoms with Crippen LogP contribution in [0.5, 0.6) is 0 Å². The molecule has 3 heterocycles. The molecule has 8 heteroatoms. The lowest BCUT2D eigenvalue weighted by Crippen LogP contribution is -2.17. The van der Waals surface area contributed by atoms with E-state index in [1.807, 2.05) is 22.9 Å². The molecular weight excluding hydrogens is 384 g/mol. The second-order valence-electron chi connectivity index (χ2n) is 6.59. The van der Waals surface area contributed by atoms with Gasteiger partial charge in [-0.1, -0.05) is 17.8 Å². The van der Waals surface area contributed by atoms with Crippen LogP contribution in [0.25, 0.3) is 11.5 Å². The molecule has 7 nitrogen and oxygen atoms in total. The van der Waals surface area contributed by atoms with Gasteiger partial charge in [-0.3, -0.25) is 9.36 Å². The Morgan fingerprint density at radius 2 is 1.86 bits per heavy atom. The highest BCUT2D eigenvalue weighted by Crippen LogP contribution is 2.23. The van der Waals surface area contributed by atoms with E-state index in [4.69, 9.17) is 0 Å². The molecular formula is C21H20N6OS. The molecule has 0 unspecified atom stereocenters. The number of amides is 1. The fraction of sp³-hybridized carbons (Fsp3) is 0.143. The van der Waals surface area contributed by atoms with Crippen molar-refractivity contribution in [3.8, 4) is 11.5 Å². The predicted molar refractivity (Wildman–Crippen MR) is 114 cm³/mol. The number of carbonyl (C=O) groups is 1. The Morgan fingerprint density at radius 1 is 1.03 bits per heavy atom. The van der Waals surface area contributed by atoms with Crippen LogP contribution in [0.15, 0.2) is 72.5 Å². The van der Waals surface area contributed by atoms with Gasteiger partial charge in [0.1, 0.15) is 0 Å². The Kier molecular flexibility index (Phi) is 5.44. The van der Waals surface area contributed by atoms with Gasteiger partial charge in [-0.05, 0) is 55.3 Å². The lowest BCUT2D eigenvalue weighted by molar-refractivity contribution is -0.113. The summed E-state index contributed by atoms with van der Waals surface area (Å²) < 4.78 is 3.62. The number of aryl methyl sites for hydroxylation is 2. The number of thioether (sulfide) groups is 1. The van der Waals surface area contributed by atoms with E-state index >= 15 is 0 Å². The number of imidazole rings is 1. The summed E-state index contributed by atoms with van der Waals surface area (Å²) in [7, 11) is 0. The largest absolute Gasteiger partial charge is 0.322 e. The second-order valence-corrected chi connectivity index (χ2v) is 7.53. The van der Waals surface area contributed by atoms with Crippen LogP contribution in [-0.4, -0.2) is 36.0 Å². The summed E-state index contributed by atoms with van der Waals surface area (Å²) in [5, 5.41) is 7.87. The Morgan fingerprint density at radius 3 is 2.62 bits per heavy atom. The van der Waals surface area contributed by atoms with Gasteiger partial charge in [0.2, 0.25) is 5.91 Å². The summed E-state index contributed by atoms with van der Waals surface area (Å²) in [6.07, 6.45) is 8.78. The van der Waals surface area contributed by atoms with Gasteiger partial charge in [0.15, 0.2) is 11.0 Å². The van der Waals surface area contributed by atoms with E-state index < -0.39 is 0 Å². The van der Waals surface area contributed by atoms with Gasteiger partial charge in [-0.15, -0.1) is 0 Å². The van der Waals surface area contributed by atoms with Crippen molar-refractivity contribution < 1.29 is 4.79 Å². The molecule has 0 spiro atoms. The monoisotopic (exact) mass is 404 g/mol. The molecule has 0 saturated carbocycles. The highest BCUT2D eigenvalue weighted by molar-refractivity contribution is 7.99. The minimum Gasteiger partial charge on any atom is -0.322 e. The first-order chi connectivity index (χ1) is 14.1. The van der Waals surface area contributed by atoms with Crippen LogP contribution in [0.3, 0.4) is 0 Å². The Labute approximate surface area is 172 Å². The normalized spacial score (nSPS) is 10.8. The van der Waals surface area contributed by atoms with Crippen LogP contribution in [0, 0.1) is 13.8 Å². The molecule has 146 valence electrons. The third-order valence-corrected chi connectivity index (χ3v) is 5.17. The summed E-state index contributed by atoms with van der Waals surface area (Å²) in [6, 6.07) is 11.7. The van der Waals surface area contributed by atoms with Crippen molar-refractivity contribution in [2.24, 2.45) is 0 Å². The number of benzene rings is 1. The molecule has 1 N–H and O–H groups in total. The Bertz CT molecular complexity index is 1120. The number of nitrogens with one attached hydrogen (secondary N) is 1. The van der Waals surface area contributed by atoms with Crippen molar-refractivity contribution in [1.29, 1.82) is 0 Å². The summed E-state index contributed by atoms with van der Waals surface area (Å²) in [4.78, 5) is 21.3. The minimum absolute atomic E-state index is 0.133. The first kappa shape index (κ1) is 18.9. The SMILES string of the molecule is Cc1cc(C)cc(-n2ccnc2SCC(=O)Nc2cccnc2-n2cccn2)c1. The molecule has 0 aliphatic carbocycles. The van der Waals surface area contributed by atoms with E-state index in [-0.39, 0.29) is 11.7 Å².